The predicted octanol–water partition coefficient (Wildman–Crippen LogP) is -0.279. The number of imidazole rings is 1. The number of rotatable bonds is 5. The van der Waals surface area contributed by atoms with Gasteiger partial charge in [-0.05, 0) is 13.8 Å². The zero-order valence-electron chi connectivity index (χ0n) is 11.0. The van der Waals surface area contributed by atoms with Crippen molar-refractivity contribution >= 4 is 10.0 Å². The molecule has 1 aliphatic rings. The molecule has 2 rings (SSSR count). The van der Waals surface area contributed by atoms with Crippen LogP contribution in [-0.2, 0) is 21.3 Å². The minimum absolute atomic E-state index is 0.0375. The molecular weight excluding hydrogens is 270 g/mol. The van der Waals surface area contributed by atoms with Gasteiger partial charge in [-0.1, -0.05) is 0 Å². The van der Waals surface area contributed by atoms with E-state index in [9.17, 15) is 13.5 Å². The van der Waals surface area contributed by atoms with Gasteiger partial charge in [-0.25, -0.2) is 18.1 Å². The van der Waals surface area contributed by atoms with Gasteiger partial charge < -0.3 is 14.4 Å². The zero-order valence-corrected chi connectivity index (χ0v) is 11.9. The molecule has 1 fully saturated rings. The van der Waals surface area contributed by atoms with Gasteiger partial charge in [0.2, 0.25) is 0 Å². The van der Waals surface area contributed by atoms with Crippen molar-refractivity contribution in [3.63, 3.8) is 0 Å². The first-order valence-electron chi connectivity index (χ1n) is 6.23. The molecular formula is C11H19N3O4S. The van der Waals surface area contributed by atoms with Crippen LogP contribution in [0, 0.1) is 0 Å². The minimum Gasteiger partial charge on any atom is -0.386 e. The van der Waals surface area contributed by atoms with E-state index < -0.39 is 15.6 Å². The Morgan fingerprint density at radius 1 is 1.68 bits per heavy atom. The monoisotopic (exact) mass is 289 g/mol. The Morgan fingerprint density at radius 2 is 2.42 bits per heavy atom. The fraction of sp³-hybridized carbons (Fsp3) is 0.727. The molecule has 108 valence electrons. The van der Waals surface area contributed by atoms with Crippen LogP contribution in [0.5, 0.6) is 0 Å². The normalized spacial score (nSPS) is 27.8. The van der Waals surface area contributed by atoms with Crippen molar-refractivity contribution in [3.8, 4) is 0 Å². The molecule has 0 radical (unpaired) electrons. The van der Waals surface area contributed by atoms with Gasteiger partial charge in [-0.15, -0.1) is 0 Å². The van der Waals surface area contributed by atoms with Gasteiger partial charge in [-0.3, -0.25) is 0 Å². The number of hydrogen-bond acceptors (Lipinski definition) is 5. The Hall–Kier alpha value is -0.960. The average molecular weight is 289 g/mol. The van der Waals surface area contributed by atoms with E-state index in [0.717, 1.165) is 0 Å². The Kier molecular flexibility index (Phi) is 3.95. The Balaban J connectivity index is 2.05. The summed E-state index contributed by atoms with van der Waals surface area (Å²) in [6.45, 7) is 4.63. The van der Waals surface area contributed by atoms with E-state index >= 15 is 0 Å². The molecule has 0 aliphatic carbocycles. The summed E-state index contributed by atoms with van der Waals surface area (Å²) in [5.74, 6) is 0. The van der Waals surface area contributed by atoms with Crippen LogP contribution < -0.4 is 4.72 Å². The number of nitrogens with zero attached hydrogens (tertiary/aromatic N) is 2. The number of ether oxygens (including phenoxy) is 1. The lowest BCUT2D eigenvalue weighted by Crippen LogP contribution is -2.47. The predicted molar refractivity (Wildman–Crippen MR) is 68.1 cm³/mol. The minimum atomic E-state index is -3.70. The Morgan fingerprint density at radius 3 is 2.95 bits per heavy atom. The fourth-order valence-electron chi connectivity index (χ4n) is 1.95. The van der Waals surface area contributed by atoms with E-state index in [1.54, 1.807) is 11.5 Å². The van der Waals surface area contributed by atoms with Gasteiger partial charge >= 0.3 is 0 Å². The van der Waals surface area contributed by atoms with Crippen LogP contribution in [0.4, 0.5) is 0 Å². The highest BCUT2D eigenvalue weighted by Crippen LogP contribution is 2.25. The molecule has 1 aromatic rings. The maximum absolute atomic E-state index is 12.0. The second-order valence-corrected chi connectivity index (χ2v) is 6.45. The highest BCUT2D eigenvalue weighted by molar-refractivity contribution is 7.89. The van der Waals surface area contributed by atoms with Crippen LogP contribution in [0.1, 0.15) is 20.3 Å². The van der Waals surface area contributed by atoms with Gasteiger partial charge in [0.25, 0.3) is 10.0 Å². The summed E-state index contributed by atoms with van der Waals surface area (Å²) in [5, 5.41) is 10.2. The molecule has 0 spiro atoms. The van der Waals surface area contributed by atoms with E-state index in [4.69, 9.17) is 4.74 Å². The van der Waals surface area contributed by atoms with Crippen LogP contribution in [-0.4, -0.2) is 47.9 Å². The van der Waals surface area contributed by atoms with E-state index in [1.807, 2.05) is 6.92 Å². The van der Waals surface area contributed by atoms with E-state index in [-0.39, 0.29) is 17.7 Å². The van der Waals surface area contributed by atoms with Gasteiger partial charge in [0.1, 0.15) is 5.60 Å². The first-order chi connectivity index (χ1) is 8.87. The molecule has 1 aliphatic heterocycles. The largest absolute Gasteiger partial charge is 0.386 e. The van der Waals surface area contributed by atoms with Crippen molar-refractivity contribution in [2.24, 2.45) is 0 Å². The molecule has 7 nitrogen and oxygen atoms in total. The van der Waals surface area contributed by atoms with Crippen LogP contribution >= 0.6 is 0 Å². The van der Waals surface area contributed by atoms with Crippen LogP contribution in [0.2, 0.25) is 0 Å². The molecule has 2 heterocycles. The lowest BCUT2D eigenvalue weighted by Gasteiger charge is -2.25. The summed E-state index contributed by atoms with van der Waals surface area (Å²) in [5.41, 5.74) is -1.15. The second kappa shape index (κ2) is 5.20. The number of hydrogen-bond donors (Lipinski definition) is 2. The first kappa shape index (κ1) is 14.4. The molecule has 0 bridgehead atoms. The highest BCUT2D eigenvalue weighted by Gasteiger charge is 2.40. The third-order valence-corrected chi connectivity index (χ3v) is 4.76. The highest BCUT2D eigenvalue weighted by atomic mass is 32.2. The van der Waals surface area contributed by atoms with Crippen molar-refractivity contribution in [1.82, 2.24) is 14.3 Å². The first-order valence-corrected chi connectivity index (χ1v) is 7.71. The Bertz CT molecular complexity index is 542. The van der Waals surface area contributed by atoms with Gasteiger partial charge in [0.15, 0.2) is 5.03 Å². The molecule has 8 heteroatoms. The van der Waals surface area contributed by atoms with Gasteiger partial charge in [0.05, 0.1) is 12.4 Å². The molecule has 2 atom stereocenters. The molecule has 2 N–H and O–H groups in total. The summed E-state index contributed by atoms with van der Waals surface area (Å²) in [4.78, 5) is 3.85. The van der Waals surface area contributed by atoms with E-state index in [0.29, 0.717) is 19.6 Å². The lowest BCUT2D eigenvalue weighted by atomic mass is 9.97. The third kappa shape index (κ3) is 2.97. The lowest BCUT2D eigenvalue weighted by molar-refractivity contribution is -0.0228. The van der Waals surface area contributed by atoms with Crippen LogP contribution in [0.3, 0.4) is 0 Å². The van der Waals surface area contributed by atoms with Crippen LogP contribution in [0.25, 0.3) is 0 Å². The van der Waals surface area contributed by atoms with Crippen molar-refractivity contribution in [2.75, 3.05) is 13.2 Å². The topological polar surface area (TPSA) is 93.5 Å². The number of sulfonamides is 1. The standard InChI is InChI=1S/C11H19N3O4S/c1-3-14-6-10(12-8-14)19(16,17)13-7-11(15)4-5-18-9(11)2/h6,8-9,13,15H,3-5,7H2,1-2H3. The van der Waals surface area contributed by atoms with E-state index in [1.165, 1.54) is 12.5 Å². The SMILES string of the molecule is CCn1cnc(S(=O)(=O)NCC2(O)CCOC2C)c1. The summed E-state index contributed by atoms with van der Waals surface area (Å²) < 4.78 is 33.4. The summed E-state index contributed by atoms with van der Waals surface area (Å²) in [7, 11) is -3.70. The molecule has 2 unspecified atom stereocenters. The van der Waals surface area contributed by atoms with Crippen molar-refractivity contribution in [2.45, 2.75) is 43.5 Å². The quantitative estimate of drug-likeness (QED) is 0.777. The van der Waals surface area contributed by atoms with E-state index in [2.05, 4.69) is 9.71 Å². The van der Waals surface area contributed by atoms with Gasteiger partial charge in [0, 0.05) is 32.3 Å². The van der Waals surface area contributed by atoms with Crippen molar-refractivity contribution < 1.29 is 18.3 Å². The second-order valence-electron chi connectivity index (χ2n) is 4.73. The number of aliphatic hydroxyl groups is 1. The number of nitrogens with one attached hydrogen (secondary N) is 1. The van der Waals surface area contributed by atoms with Crippen molar-refractivity contribution in [1.29, 1.82) is 0 Å². The Labute approximate surface area is 112 Å². The summed E-state index contributed by atoms with van der Waals surface area (Å²) in [6, 6.07) is 0. The molecule has 0 amide bonds. The third-order valence-electron chi connectivity index (χ3n) is 3.48. The van der Waals surface area contributed by atoms with Gasteiger partial charge in [-0.2, -0.15) is 0 Å². The molecule has 0 saturated carbocycles. The molecule has 1 aromatic heterocycles. The maximum Gasteiger partial charge on any atom is 0.259 e. The molecule has 19 heavy (non-hydrogen) atoms. The molecule has 0 aromatic carbocycles. The fourth-order valence-corrected chi connectivity index (χ4v) is 3.00. The number of aryl methyl sites for hydroxylation is 1. The summed E-state index contributed by atoms with van der Waals surface area (Å²) >= 11 is 0. The summed E-state index contributed by atoms with van der Waals surface area (Å²) in [6.07, 6.45) is 2.95. The van der Waals surface area contributed by atoms with Crippen molar-refractivity contribution in [3.05, 3.63) is 12.5 Å². The smallest absolute Gasteiger partial charge is 0.259 e. The average Bonchev–Trinajstić information content (AvgIpc) is 2.96. The zero-order chi connectivity index (χ0) is 14.1. The maximum atomic E-state index is 12.0. The molecule has 1 saturated heterocycles. The number of aromatic nitrogens is 2. The van der Waals surface area contributed by atoms with Crippen LogP contribution in [0.15, 0.2) is 17.6 Å².